The van der Waals surface area contributed by atoms with E-state index in [-0.39, 0.29) is 11.8 Å². The Morgan fingerprint density at radius 3 is 2.44 bits per heavy atom. The van der Waals surface area contributed by atoms with Gasteiger partial charge in [-0.15, -0.1) is 0 Å². The third-order valence-electron chi connectivity index (χ3n) is 4.10. The number of hydrogen-bond acceptors (Lipinski definition) is 4. The van der Waals surface area contributed by atoms with Crippen molar-refractivity contribution in [3.8, 4) is 5.69 Å². The predicted molar refractivity (Wildman–Crippen MR) is 103 cm³/mol. The summed E-state index contributed by atoms with van der Waals surface area (Å²) in [5.41, 5.74) is 4.26. The van der Waals surface area contributed by atoms with E-state index in [1.54, 1.807) is 36.9 Å². The van der Waals surface area contributed by atoms with Crippen LogP contribution >= 0.6 is 0 Å². The first-order valence-corrected chi connectivity index (χ1v) is 8.63. The number of aryl methyl sites for hydroxylation is 1. The van der Waals surface area contributed by atoms with E-state index >= 15 is 0 Å². The lowest BCUT2D eigenvalue weighted by molar-refractivity contribution is 0.0524. The van der Waals surface area contributed by atoms with Crippen molar-refractivity contribution in [1.82, 2.24) is 9.78 Å². The summed E-state index contributed by atoms with van der Waals surface area (Å²) in [4.78, 5) is 16.5. The first-order valence-electron chi connectivity index (χ1n) is 8.63. The standard InChI is InChI=1S/C21H20FN3O2/c1-4-27-21(26)20-14(2)24-25(15(20)3)19-11-9-18(10-12-19)23-13-16-5-7-17(22)8-6-16/h5-13H,4H2,1-3H3. The van der Waals surface area contributed by atoms with Gasteiger partial charge in [0, 0.05) is 6.21 Å². The number of carbonyl (C=O) groups excluding carboxylic acids is 1. The second-order valence-corrected chi connectivity index (χ2v) is 6.00. The summed E-state index contributed by atoms with van der Waals surface area (Å²) in [5, 5.41) is 4.46. The average molecular weight is 365 g/mol. The molecule has 138 valence electrons. The van der Waals surface area contributed by atoms with Gasteiger partial charge in [0.1, 0.15) is 11.4 Å². The van der Waals surface area contributed by atoms with Gasteiger partial charge < -0.3 is 4.74 Å². The molecule has 3 rings (SSSR count). The molecule has 27 heavy (non-hydrogen) atoms. The summed E-state index contributed by atoms with van der Waals surface area (Å²) >= 11 is 0. The monoisotopic (exact) mass is 365 g/mol. The molecule has 0 atom stereocenters. The van der Waals surface area contributed by atoms with E-state index in [4.69, 9.17) is 4.74 Å². The van der Waals surface area contributed by atoms with Crippen molar-refractivity contribution in [1.29, 1.82) is 0 Å². The molecule has 0 saturated heterocycles. The minimum absolute atomic E-state index is 0.274. The number of rotatable bonds is 5. The molecule has 0 aliphatic rings. The zero-order chi connectivity index (χ0) is 19.4. The molecule has 0 radical (unpaired) electrons. The number of aliphatic imine (C=N–C) groups is 1. The van der Waals surface area contributed by atoms with Crippen LogP contribution in [-0.4, -0.2) is 28.6 Å². The topological polar surface area (TPSA) is 56.5 Å². The van der Waals surface area contributed by atoms with Gasteiger partial charge in [0.25, 0.3) is 0 Å². The molecule has 2 aromatic carbocycles. The second-order valence-electron chi connectivity index (χ2n) is 6.00. The van der Waals surface area contributed by atoms with E-state index in [9.17, 15) is 9.18 Å². The number of nitrogens with zero attached hydrogens (tertiary/aromatic N) is 3. The lowest BCUT2D eigenvalue weighted by atomic mass is 10.2. The summed E-state index contributed by atoms with van der Waals surface area (Å²) in [5.74, 6) is -0.636. The van der Waals surface area contributed by atoms with E-state index in [2.05, 4.69) is 10.1 Å². The van der Waals surface area contributed by atoms with Gasteiger partial charge in [-0.3, -0.25) is 4.99 Å². The van der Waals surface area contributed by atoms with Crippen LogP contribution in [0.15, 0.2) is 53.5 Å². The quantitative estimate of drug-likeness (QED) is 0.492. The van der Waals surface area contributed by atoms with Crippen molar-refractivity contribution in [2.75, 3.05) is 6.61 Å². The lowest BCUT2D eigenvalue weighted by Crippen LogP contribution is -2.07. The average Bonchev–Trinajstić information content (AvgIpc) is 2.96. The third kappa shape index (κ3) is 4.11. The van der Waals surface area contributed by atoms with Gasteiger partial charge >= 0.3 is 5.97 Å². The molecule has 3 aromatic rings. The van der Waals surface area contributed by atoms with Gasteiger partial charge in [-0.2, -0.15) is 5.10 Å². The van der Waals surface area contributed by atoms with Crippen LogP contribution in [0.5, 0.6) is 0 Å². The fourth-order valence-corrected chi connectivity index (χ4v) is 2.77. The number of aromatic nitrogens is 2. The van der Waals surface area contributed by atoms with Crippen LogP contribution in [0.1, 0.15) is 34.2 Å². The van der Waals surface area contributed by atoms with E-state index in [1.807, 2.05) is 31.2 Å². The van der Waals surface area contributed by atoms with Crippen LogP contribution in [0.25, 0.3) is 5.69 Å². The Hall–Kier alpha value is -3.28. The van der Waals surface area contributed by atoms with Crippen molar-refractivity contribution in [3.05, 3.63) is 76.9 Å². The van der Waals surface area contributed by atoms with E-state index in [0.29, 0.717) is 17.9 Å². The maximum absolute atomic E-state index is 12.9. The van der Waals surface area contributed by atoms with Gasteiger partial charge in [0.05, 0.1) is 29.4 Å². The van der Waals surface area contributed by atoms with Crippen LogP contribution in [0, 0.1) is 19.7 Å². The minimum atomic E-state index is -0.362. The fourth-order valence-electron chi connectivity index (χ4n) is 2.77. The van der Waals surface area contributed by atoms with Crippen LogP contribution < -0.4 is 0 Å². The highest BCUT2D eigenvalue weighted by Crippen LogP contribution is 2.21. The summed E-state index contributed by atoms with van der Waals surface area (Å²) in [6.45, 7) is 5.73. The molecular formula is C21H20FN3O2. The number of benzene rings is 2. The first kappa shape index (κ1) is 18.5. The summed E-state index contributed by atoms with van der Waals surface area (Å²) in [7, 11) is 0. The van der Waals surface area contributed by atoms with E-state index in [0.717, 1.165) is 22.6 Å². The zero-order valence-electron chi connectivity index (χ0n) is 15.4. The predicted octanol–water partition coefficient (Wildman–Crippen LogP) is 4.56. The molecule has 1 aromatic heterocycles. The number of halogens is 1. The number of carbonyl (C=O) groups is 1. The van der Waals surface area contributed by atoms with Crippen molar-refractivity contribution in [2.24, 2.45) is 4.99 Å². The van der Waals surface area contributed by atoms with E-state index < -0.39 is 0 Å². The Labute approximate surface area is 157 Å². The van der Waals surface area contributed by atoms with Gasteiger partial charge in [0.15, 0.2) is 0 Å². The molecule has 0 unspecified atom stereocenters. The molecule has 6 heteroatoms. The SMILES string of the molecule is CCOC(=O)c1c(C)nn(-c2ccc(N=Cc3ccc(F)cc3)cc2)c1C. The molecule has 1 heterocycles. The summed E-state index contributed by atoms with van der Waals surface area (Å²) in [6, 6.07) is 13.6. The van der Waals surface area contributed by atoms with Gasteiger partial charge in [-0.1, -0.05) is 12.1 Å². The number of ether oxygens (including phenoxy) is 1. The Morgan fingerprint density at radius 1 is 1.15 bits per heavy atom. The molecule has 0 aliphatic heterocycles. The highest BCUT2D eigenvalue weighted by Gasteiger charge is 2.20. The van der Waals surface area contributed by atoms with Gasteiger partial charge in [-0.25, -0.2) is 13.9 Å². The Bertz CT molecular complexity index is 974. The molecule has 0 bridgehead atoms. The molecule has 0 amide bonds. The van der Waals surface area contributed by atoms with Crippen LogP contribution in [-0.2, 0) is 4.74 Å². The molecule has 0 N–H and O–H groups in total. The van der Waals surface area contributed by atoms with Crippen molar-refractivity contribution in [2.45, 2.75) is 20.8 Å². The largest absolute Gasteiger partial charge is 0.462 e. The Balaban J connectivity index is 1.82. The van der Waals surface area contributed by atoms with Crippen LogP contribution in [0.4, 0.5) is 10.1 Å². The molecule has 0 aliphatic carbocycles. The maximum Gasteiger partial charge on any atom is 0.341 e. The van der Waals surface area contributed by atoms with Crippen molar-refractivity contribution in [3.63, 3.8) is 0 Å². The second kappa shape index (κ2) is 7.95. The third-order valence-corrected chi connectivity index (χ3v) is 4.10. The molecular weight excluding hydrogens is 345 g/mol. The van der Waals surface area contributed by atoms with Crippen LogP contribution in [0.2, 0.25) is 0 Å². The molecule has 0 fully saturated rings. The van der Waals surface area contributed by atoms with Crippen molar-refractivity contribution < 1.29 is 13.9 Å². The zero-order valence-corrected chi connectivity index (χ0v) is 15.4. The fraction of sp³-hybridized carbons (Fsp3) is 0.190. The molecule has 5 nitrogen and oxygen atoms in total. The molecule has 0 saturated carbocycles. The van der Waals surface area contributed by atoms with Crippen molar-refractivity contribution >= 4 is 17.9 Å². The van der Waals surface area contributed by atoms with Crippen LogP contribution in [0.3, 0.4) is 0 Å². The Kier molecular flexibility index (Phi) is 5.45. The molecule has 0 spiro atoms. The summed E-state index contributed by atoms with van der Waals surface area (Å²) < 4.78 is 19.8. The Morgan fingerprint density at radius 2 is 1.81 bits per heavy atom. The van der Waals surface area contributed by atoms with Gasteiger partial charge in [-0.05, 0) is 62.7 Å². The number of esters is 1. The minimum Gasteiger partial charge on any atom is -0.462 e. The summed E-state index contributed by atoms with van der Waals surface area (Å²) in [6.07, 6.45) is 1.68. The maximum atomic E-state index is 12.9. The highest BCUT2D eigenvalue weighted by molar-refractivity contribution is 5.92. The number of hydrogen-bond donors (Lipinski definition) is 0. The van der Waals surface area contributed by atoms with E-state index in [1.165, 1.54) is 12.1 Å². The first-order chi connectivity index (χ1) is 13.0. The highest BCUT2D eigenvalue weighted by atomic mass is 19.1. The van der Waals surface area contributed by atoms with Gasteiger partial charge in [0.2, 0.25) is 0 Å². The lowest BCUT2D eigenvalue weighted by Gasteiger charge is -2.06. The smallest absolute Gasteiger partial charge is 0.341 e. The normalized spacial score (nSPS) is 11.1.